The van der Waals surface area contributed by atoms with Crippen molar-refractivity contribution in [2.75, 3.05) is 0 Å². The number of benzene rings is 4. The Hall–Kier alpha value is -5.06. The van der Waals surface area contributed by atoms with Crippen molar-refractivity contribution in [2.45, 2.75) is 101 Å². The largest absolute Gasteiger partial charge is 0.522 e. The number of hydrogen-bond acceptors (Lipinski definition) is 3. The molecular formula is C53H57N5OPt-2. The summed E-state index contributed by atoms with van der Waals surface area (Å²) in [5.41, 5.74) is 4.35. The molecule has 4 aromatic heterocycles. The number of imidazole rings is 1. The Morgan fingerprint density at radius 3 is 2.07 bits per heavy atom. The summed E-state index contributed by atoms with van der Waals surface area (Å²) in [6.07, 6.45) is 1.64. The number of pyridine rings is 2. The van der Waals surface area contributed by atoms with Crippen LogP contribution in [0, 0.1) is 35.2 Å². The summed E-state index contributed by atoms with van der Waals surface area (Å²) >= 11 is 0. The molecule has 0 radical (unpaired) electrons. The van der Waals surface area contributed by atoms with Gasteiger partial charge in [-0.25, -0.2) is 4.98 Å². The summed E-state index contributed by atoms with van der Waals surface area (Å²) in [4.78, 5) is 9.45. The minimum Gasteiger partial charge on any atom is -0.522 e. The molecule has 0 N–H and O–H groups in total. The maximum Gasteiger partial charge on any atom is 0.269 e. The van der Waals surface area contributed by atoms with E-state index in [4.69, 9.17) is 17.4 Å². The topological polar surface area (TPSA) is 48.8 Å². The molecule has 0 atom stereocenters. The van der Waals surface area contributed by atoms with Gasteiger partial charge in [-0.05, 0) is 99.9 Å². The zero-order valence-corrected chi connectivity index (χ0v) is 38.6. The minimum absolute atomic E-state index is 0. The molecule has 4 heterocycles. The summed E-state index contributed by atoms with van der Waals surface area (Å²) in [5, 5.41) is 1.94. The van der Waals surface area contributed by atoms with Crippen LogP contribution in [0.25, 0.3) is 50.2 Å². The van der Waals surface area contributed by atoms with Crippen molar-refractivity contribution in [3.63, 3.8) is 0 Å². The first-order chi connectivity index (χ1) is 30.2. The molecule has 0 saturated heterocycles. The number of hydrogen-bond donors (Lipinski definition) is 0. The molecule has 4 aromatic carbocycles. The smallest absolute Gasteiger partial charge is 0.269 e. The third-order valence-corrected chi connectivity index (χ3v) is 9.81. The van der Waals surface area contributed by atoms with E-state index in [0.717, 1.165) is 38.4 Å². The molecule has 8 aromatic rings. The monoisotopic (exact) mass is 980 g/mol. The van der Waals surface area contributed by atoms with Crippen LogP contribution in [0.15, 0.2) is 103 Å². The third-order valence-electron chi connectivity index (χ3n) is 9.81. The van der Waals surface area contributed by atoms with E-state index in [1.807, 2.05) is 119 Å². The molecule has 0 fully saturated rings. The van der Waals surface area contributed by atoms with Gasteiger partial charge in [0.25, 0.3) is 6.33 Å². The SMILES string of the molecule is [2H]C([2H])(c1ccnc(-n2c3[c-]c(Oc4[c-]c(-n5[c-][n+](-c6cc(C([2H])([2H])C(C)(C)C)cc(C([2H])([2H])C(C)(C)C)c6)c6cc(C(C)(C)C)ccc65)ncc4)ccc3c3ccccc32)c1)C(C)C.[Pt]. The molecule has 0 spiro atoms. The summed E-state index contributed by atoms with van der Waals surface area (Å²) in [7, 11) is 0. The van der Waals surface area contributed by atoms with Gasteiger partial charge in [-0.15, -0.1) is 17.5 Å². The molecule has 0 bridgehead atoms. The van der Waals surface area contributed by atoms with Crippen LogP contribution in [0.2, 0.25) is 0 Å². The molecule has 0 aliphatic heterocycles. The normalized spacial score (nSPS) is 14.7. The van der Waals surface area contributed by atoms with Crippen molar-refractivity contribution < 1.29 is 38.6 Å². The van der Waals surface area contributed by atoms with Crippen LogP contribution < -0.4 is 9.30 Å². The Morgan fingerprint density at radius 1 is 0.700 bits per heavy atom. The van der Waals surface area contributed by atoms with E-state index in [0.29, 0.717) is 45.5 Å². The van der Waals surface area contributed by atoms with E-state index in [9.17, 15) is 5.48 Å². The average molecular weight is 981 g/mol. The number of fused-ring (bicyclic) bond motifs is 4. The van der Waals surface area contributed by atoms with Gasteiger partial charge in [0.1, 0.15) is 5.82 Å². The maximum absolute atomic E-state index is 9.31. The zero-order chi connectivity index (χ0) is 47.2. The zero-order valence-electron chi connectivity index (χ0n) is 42.4. The van der Waals surface area contributed by atoms with Gasteiger partial charge in [0.2, 0.25) is 0 Å². The Labute approximate surface area is 379 Å². The maximum atomic E-state index is 9.31. The van der Waals surface area contributed by atoms with Crippen LogP contribution in [-0.4, -0.2) is 19.1 Å². The fraction of sp³-hybridized carbons (Fsp3) is 0.340. The van der Waals surface area contributed by atoms with Gasteiger partial charge >= 0.3 is 0 Å². The Morgan fingerprint density at radius 2 is 1.38 bits per heavy atom. The summed E-state index contributed by atoms with van der Waals surface area (Å²) in [5.74, 6) is 1.54. The van der Waals surface area contributed by atoms with Gasteiger partial charge < -0.3 is 9.30 Å². The van der Waals surface area contributed by atoms with Crippen molar-refractivity contribution in [1.82, 2.24) is 19.1 Å². The number of rotatable bonds is 9. The first-order valence-corrected chi connectivity index (χ1v) is 20.4. The Balaban J connectivity index is 0.00000648. The van der Waals surface area contributed by atoms with Crippen LogP contribution in [0.1, 0.15) is 107 Å². The molecule has 0 aliphatic rings. The van der Waals surface area contributed by atoms with Crippen molar-refractivity contribution in [2.24, 2.45) is 16.7 Å². The molecule has 0 amide bonds. The van der Waals surface area contributed by atoms with E-state index >= 15 is 0 Å². The Kier molecular flexibility index (Phi) is 9.76. The predicted molar refractivity (Wildman–Crippen MR) is 241 cm³/mol. The van der Waals surface area contributed by atoms with Crippen LogP contribution in [0.4, 0.5) is 0 Å². The molecule has 60 heavy (non-hydrogen) atoms. The first-order valence-electron chi connectivity index (χ1n) is 23.4. The van der Waals surface area contributed by atoms with Gasteiger partial charge in [0, 0.05) is 46.8 Å². The van der Waals surface area contributed by atoms with Crippen LogP contribution in [0.3, 0.4) is 0 Å². The number of ether oxygens (including phenoxy) is 1. The molecule has 7 heteroatoms. The molecular weight excluding hydrogens is 918 g/mol. The summed E-state index contributed by atoms with van der Waals surface area (Å²) in [6.45, 7) is 21.3. The van der Waals surface area contributed by atoms with Crippen LogP contribution in [-0.2, 0) is 45.6 Å². The number of aromatic nitrogens is 5. The van der Waals surface area contributed by atoms with Crippen molar-refractivity contribution in [1.29, 1.82) is 0 Å². The van der Waals surface area contributed by atoms with Crippen molar-refractivity contribution in [3.8, 4) is 28.8 Å². The third kappa shape index (κ3) is 9.30. The van der Waals surface area contributed by atoms with Crippen molar-refractivity contribution in [3.05, 3.63) is 144 Å². The van der Waals surface area contributed by atoms with Gasteiger partial charge in [-0.1, -0.05) is 135 Å². The van der Waals surface area contributed by atoms with Crippen LogP contribution >= 0.6 is 0 Å². The standard InChI is InChI=1S/C53H57N5O.Pt/c1-35(2)24-36-20-22-55-50(28-36)58-45-15-13-12-14-43(45)44-18-17-41(30-47(44)58)59-42-21-23-54-49(31-42)57-34-56(48-29-39(53(9,10)11)16-19-46(48)57)40-26-37(32-51(3,4)5)25-38(27-40)33-52(6,7)8;/h12-23,25-29,35H,24,32-33H2,1-11H3;/q-2;/i24D2,32D2,33D2;. The summed E-state index contributed by atoms with van der Waals surface area (Å²) < 4.78 is 67.0. The summed E-state index contributed by atoms with van der Waals surface area (Å²) in [6, 6.07) is 35.5. The quantitative estimate of drug-likeness (QED) is 0.107. The van der Waals surface area contributed by atoms with E-state index < -0.39 is 29.9 Å². The fourth-order valence-corrected chi connectivity index (χ4v) is 7.46. The second-order valence-corrected chi connectivity index (χ2v) is 18.7. The molecule has 8 rings (SSSR count). The molecule has 0 unspecified atom stereocenters. The van der Waals surface area contributed by atoms with E-state index in [2.05, 4.69) is 57.4 Å². The molecule has 0 saturated carbocycles. The van der Waals surface area contributed by atoms with Gasteiger partial charge in [0.15, 0.2) is 0 Å². The first kappa shape index (κ1) is 35.7. The minimum atomic E-state index is -1.80. The molecule has 0 aliphatic carbocycles. The second kappa shape index (κ2) is 16.4. The van der Waals surface area contributed by atoms with E-state index in [-0.39, 0.29) is 32.4 Å². The fourth-order valence-electron chi connectivity index (χ4n) is 7.46. The number of nitrogens with zero attached hydrogens (tertiary/aromatic N) is 5. The van der Waals surface area contributed by atoms with Crippen LogP contribution in [0.5, 0.6) is 11.5 Å². The van der Waals surface area contributed by atoms with Gasteiger partial charge in [-0.3, -0.25) is 14.1 Å². The second-order valence-electron chi connectivity index (χ2n) is 18.7. The molecule has 6 nitrogen and oxygen atoms in total. The number of para-hydroxylation sites is 1. The van der Waals surface area contributed by atoms with E-state index in [1.54, 1.807) is 35.2 Å². The van der Waals surface area contributed by atoms with Gasteiger partial charge in [-0.2, -0.15) is 18.2 Å². The van der Waals surface area contributed by atoms with Gasteiger partial charge in [0.05, 0.1) is 22.5 Å². The Bertz CT molecular complexity index is 3070. The van der Waals surface area contributed by atoms with E-state index in [1.165, 1.54) is 0 Å². The molecule has 312 valence electrons. The van der Waals surface area contributed by atoms with Crippen molar-refractivity contribution >= 4 is 32.8 Å². The predicted octanol–water partition coefficient (Wildman–Crippen LogP) is 12.7. The average Bonchev–Trinajstić information content (AvgIpc) is 3.78.